The molecule has 4 nitrogen and oxygen atoms in total. The number of aliphatic imine (C=N–C) groups is 1. The van der Waals surface area contributed by atoms with Gasteiger partial charge in [0.15, 0.2) is 0 Å². The third-order valence-corrected chi connectivity index (χ3v) is 1.82. The van der Waals surface area contributed by atoms with Gasteiger partial charge in [0.1, 0.15) is 0 Å². The maximum absolute atomic E-state index is 5.31. The zero-order chi connectivity index (χ0) is 10.3. The number of hydrogen-bond donors (Lipinski definition) is 3. The number of nitrogens with zero attached hydrogens (tertiary/aromatic N) is 1. The lowest BCUT2D eigenvalue weighted by atomic mass is 10.1. The van der Waals surface area contributed by atoms with E-state index in [4.69, 9.17) is 5.84 Å². The van der Waals surface area contributed by atoms with E-state index in [1.54, 1.807) is 0 Å². The lowest BCUT2D eigenvalue weighted by molar-refractivity contribution is 0.571. The molecule has 1 unspecified atom stereocenters. The van der Waals surface area contributed by atoms with Gasteiger partial charge in [-0.15, -0.1) is 0 Å². The Labute approximate surface area is 81.0 Å². The molecule has 4 heteroatoms. The molecule has 0 fully saturated rings. The molecule has 0 amide bonds. The lowest BCUT2D eigenvalue weighted by Crippen LogP contribution is -2.44. The summed E-state index contributed by atoms with van der Waals surface area (Å²) in [6, 6.07) is 0.353. The molecule has 0 aliphatic heterocycles. The van der Waals surface area contributed by atoms with Crippen LogP contribution in [0.3, 0.4) is 0 Å². The van der Waals surface area contributed by atoms with Crippen LogP contribution in [0.4, 0.5) is 0 Å². The second-order valence-corrected chi connectivity index (χ2v) is 3.65. The molecule has 4 N–H and O–H groups in total. The number of nitrogens with one attached hydrogen (secondary N) is 2. The molecular formula is C9H22N4. The minimum Gasteiger partial charge on any atom is -0.353 e. The summed E-state index contributed by atoms with van der Waals surface area (Å²) < 4.78 is 0. The summed E-state index contributed by atoms with van der Waals surface area (Å²) in [6.45, 7) is 9.25. The normalized spacial score (nSPS) is 14.5. The molecule has 0 aliphatic rings. The fraction of sp³-hybridized carbons (Fsp3) is 0.889. The van der Waals surface area contributed by atoms with Gasteiger partial charge in [0.05, 0.1) is 0 Å². The monoisotopic (exact) mass is 186 g/mol. The van der Waals surface area contributed by atoms with Crippen LogP contribution in [-0.2, 0) is 0 Å². The number of nitrogens with two attached hydrogens (primary N) is 1. The van der Waals surface area contributed by atoms with Gasteiger partial charge in [0.25, 0.3) is 0 Å². The molecule has 0 heterocycles. The van der Waals surface area contributed by atoms with Crippen molar-refractivity contribution in [2.45, 2.75) is 40.2 Å². The molecule has 0 aromatic rings. The number of hydrazine groups is 1. The first-order valence-electron chi connectivity index (χ1n) is 4.87. The van der Waals surface area contributed by atoms with Crippen molar-refractivity contribution in [2.24, 2.45) is 16.8 Å². The van der Waals surface area contributed by atoms with Crippen molar-refractivity contribution in [3.63, 3.8) is 0 Å². The van der Waals surface area contributed by atoms with Crippen LogP contribution in [0.15, 0.2) is 4.99 Å². The Balaban J connectivity index is 3.91. The molecule has 0 radical (unpaired) electrons. The molecule has 13 heavy (non-hydrogen) atoms. The highest BCUT2D eigenvalue weighted by Crippen LogP contribution is 1.99. The first-order chi connectivity index (χ1) is 6.10. The summed E-state index contributed by atoms with van der Waals surface area (Å²) in [5.74, 6) is 6.59. The van der Waals surface area contributed by atoms with E-state index in [0.29, 0.717) is 17.9 Å². The second kappa shape index (κ2) is 6.71. The van der Waals surface area contributed by atoms with E-state index in [1.807, 2.05) is 0 Å². The van der Waals surface area contributed by atoms with Crippen molar-refractivity contribution in [3.8, 4) is 0 Å². The summed E-state index contributed by atoms with van der Waals surface area (Å²) in [7, 11) is 0. The Morgan fingerprint density at radius 3 is 2.38 bits per heavy atom. The van der Waals surface area contributed by atoms with Crippen LogP contribution in [0.25, 0.3) is 0 Å². The van der Waals surface area contributed by atoms with Gasteiger partial charge >= 0.3 is 0 Å². The van der Waals surface area contributed by atoms with Crippen molar-refractivity contribution >= 4 is 5.96 Å². The summed E-state index contributed by atoms with van der Waals surface area (Å²) in [5.41, 5.74) is 2.55. The maximum atomic E-state index is 5.31. The maximum Gasteiger partial charge on any atom is 0.205 e. The predicted octanol–water partition coefficient (Wildman–Crippen LogP) is 0.850. The average molecular weight is 186 g/mol. The first kappa shape index (κ1) is 12.2. The van der Waals surface area contributed by atoms with Crippen LogP contribution in [0.5, 0.6) is 0 Å². The summed E-state index contributed by atoms with van der Waals surface area (Å²) >= 11 is 0. The van der Waals surface area contributed by atoms with Crippen LogP contribution in [0, 0.1) is 5.92 Å². The van der Waals surface area contributed by atoms with E-state index in [2.05, 4.69) is 43.4 Å². The van der Waals surface area contributed by atoms with Gasteiger partial charge in [0.2, 0.25) is 5.96 Å². The van der Waals surface area contributed by atoms with E-state index in [0.717, 1.165) is 13.0 Å². The highest BCUT2D eigenvalue weighted by molar-refractivity contribution is 5.79. The van der Waals surface area contributed by atoms with Crippen molar-refractivity contribution < 1.29 is 0 Å². The van der Waals surface area contributed by atoms with Crippen LogP contribution in [-0.4, -0.2) is 18.5 Å². The molecule has 0 saturated carbocycles. The van der Waals surface area contributed by atoms with Crippen molar-refractivity contribution in [3.05, 3.63) is 0 Å². The quantitative estimate of drug-likeness (QED) is 0.264. The Morgan fingerprint density at radius 1 is 1.38 bits per heavy atom. The van der Waals surface area contributed by atoms with Crippen molar-refractivity contribution in [1.29, 1.82) is 0 Å². The van der Waals surface area contributed by atoms with Gasteiger partial charge in [0, 0.05) is 12.6 Å². The van der Waals surface area contributed by atoms with E-state index in [1.165, 1.54) is 0 Å². The molecule has 0 saturated heterocycles. The standard InChI is InChI=1S/C9H22N4/c1-5-8(4)6-11-9(13-10)12-7(2)3/h7-8H,5-6,10H2,1-4H3,(H2,11,12,13). The molecule has 0 spiro atoms. The minimum absolute atomic E-state index is 0.353. The van der Waals surface area contributed by atoms with Gasteiger partial charge in [-0.3, -0.25) is 10.4 Å². The Morgan fingerprint density at radius 2 is 2.00 bits per heavy atom. The molecule has 78 valence electrons. The van der Waals surface area contributed by atoms with Crippen molar-refractivity contribution in [1.82, 2.24) is 10.7 Å². The minimum atomic E-state index is 0.353. The molecular weight excluding hydrogens is 164 g/mol. The van der Waals surface area contributed by atoms with Gasteiger partial charge in [-0.2, -0.15) is 0 Å². The highest BCUT2D eigenvalue weighted by atomic mass is 15.3. The van der Waals surface area contributed by atoms with Gasteiger partial charge in [-0.05, 0) is 19.8 Å². The first-order valence-corrected chi connectivity index (χ1v) is 4.87. The Bertz CT molecular complexity index is 154. The topological polar surface area (TPSA) is 62.4 Å². The Kier molecular flexibility index (Phi) is 6.32. The number of guanidine groups is 1. The van der Waals surface area contributed by atoms with Gasteiger partial charge < -0.3 is 5.32 Å². The van der Waals surface area contributed by atoms with E-state index in [9.17, 15) is 0 Å². The van der Waals surface area contributed by atoms with E-state index < -0.39 is 0 Å². The molecule has 0 aromatic carbocycles. The fourth-order valence-corrected chi connectivity index (χ4v) is 0.783. The van der Waals surface area contributed by atoms with Crippen LogP contribution in [0.2, 0.25) is 0 Å². The number of rotatable bonds is 4. The van der Waals surface area contributed by atoms with Crippen LogP contribution < -0.4 is 16.6 Å². The third-order valence-electron chi connectivity index (χ3n) is 1.82. The number of hydrogen-bond acceptors (Lipinski definition) is 2. The summed E-state index contributed by atoms with van der Waals surface area (Å²) in [5, 5.41) is 3.12. The SMILES string of the molecule is CCC(C)CN=C(NN)NC(C)C. The van der Waals surface area contributed by atoms with Gasteiger partial charge in [-0.1, -0.05) is 20.3 Å². The average Bonchev–Trinajstić information content (AvgIpc) is 2.10. The highest BCUT2D eigenvalue weighted by Gasteiger charge is 2.00. The largest absolute Gasteiger partial charge is 0.353 e. The summed E-state index contributed by atoms with van der Waals surface area (Å²) in [6.07, 6.45) is 1.14. The zero-order valence-corrected chi connectivity index (χ0v) is 9.09. The van der Waals surface area contributed by atoms with Crippen molar-refractivity contribution in [2.75, 3.05) is 6.54 Å². The predicted molar refractivity (Wildman–Crippen MR) is 57.4 cm³/mol. The molecule has 1 atom stereocenters. The molecule has 0 aliphatic carbocycles. The molecule has 0 aromatic heterocycles. The zero-order valence-electron chi connectivity index (χ0n) is 9.09. The fourth-order valence-electron chi connectivity index (χ4n) is 0.783. The van der Waals surface area contributed by atoms with E-state index >= 15 is 0 Å². The molecule has 0 rings (SSSR count). The second-order valence-electron chi connectivity index (χ2n) is 3.65. The molecule has 0 bridgehead atoms. The van der Waals surface area contributed by atoms with E-state index in [-0.39, 0.29) is 0 Å². The smallest absolute Gasteiger partial charge is 0.205 e. The lowest BCUT2D eigenvalue weighted by Gasteiger charge is -2.13. The van der Waals surface area contributed by atoms with Crippen LogP contribution in [0.1, 0.15) is 34.1 Å². The third kappa shape index (κ3) is 6.40. The van der Waals surface area contributed by atoms with Crippen LogP contribution >= 0.6 is 0 Å². The van der Waals surface area contributed by atoms with Gasteiger partial charge in [-0.25, -0.2) is 5.84 Å². The Hall–Kier alpha value is -0.770. The summed E-state index contributed by atoms with van der Waals surface area (Å²) in [4.78, 5) is 4.32.